The first-order chi connectivity index (χ1) is 14.3. The molecule has 0 aliphatic carbocycles. The van der Waals surface area contributed by atoms with Crippen LogP contribution >= 0.6 is 0 Å². The summed E-state index contributed by atoms with van der Waals surface area (Å²) in [6, 6.07) is 10.7. The van der Waals surface area contributed by atoms with Gasteiger partial charge in [0.1, 0.15) is 11.6 Å². The van der Waals surface area contributed by atoms with Crippen molar-refractivity contribution in [2.45, 2.75) is 25.9 Å². The Kier molecular flexibility index (Phi) is 5.44. The summed E-state index contributed by atoms with van der Waals surface area (Å²) in [6.45, 7) is 7.29. The molecule has 8 heteroatoms. The van der Waals surface area contributed by atoms with E-state index in [1.807, 2.05) is 16.6 Å². The van der Waals surface area contributed by atoms with Crippen LogP contribution in [0.3, 0.4) is 0 Å². The van der Waals surface area contributed by atoms with Crippen LogP contribution in [-0.2, 0) is 5.60 Å². The van der Waals surface area contributed by atoms with Gasteiger partial charge in [-0.1, -0.05) is 12.1 Å². The quantitative estimate of drug-likeness (QED) is 0.689. The van der Waals surface area contributed by atoms with Gasteiger partial charge in [0, 0.05) is 37.3 Å². The lowest BCUT2D eigenvalue weighted by Gasteiger charge is -2.23. The van der Waals surface area contributed by atoms with E-state index in [1.54, 1.807) is 44.3 Å². The lowest BCUT2D eigenvalue weighted by atomic mass is 9.97. The molecule has 1 saturated heterocycles. The Morgan fingerprint density at radius 3 is 2.60 bits per heavy atom. The van der Waals surface area contributed by atoms with E-state index in [1.165, 1.54) is 0 Å². The highest BCUT2D eigenvalue weighted by molar-refractivity contribution is 6.04. The maximum Gasteiger partial charge on any atom is 0.256 e. The SMILES string of the molecule is CN1CCCN(c2cc(NC(=O)c3ccc(C(C)(C)O)cc3)nc3ccnn23)CC1. The highest BCUT2D eigenvalue weighted by Crippen LogP contribution is 2.23. The number of benzene rings is 1. The van der Waals surface area contributed by atoms with Crippen molar-refractivity contribution in [3.63, 3.8) is 0 Å². The molecule has 1 aromatic carbocycles. The predicted octanol–water partition coefficient (Wildman–Crippen LogP) is 2.35. The van der Waals surface area contributed by atoms with Crippen LogP contribution in [0.15, 0.2) is 42.6 Å². The number of hydrogen-bond acceptors (Lipinski definition) is 6. The minimum Gasteiger partial charge on any atom is -0.386 e. The van der Waals surface area contributed by atoms with Gasteiger partial charge in [-0.15, -0.1) is 0 Å². The molecule has 0 saturated carbocycles. The van der Waals surface area contributed by atoms with Crippen molar-refractivity contribution in [2.75, 3.05) is 43.4 Å². The minimum atomic E-state index is -0.945. The Hall–Kier alpha value is -2.97. The van der Waals surface area contributed by atoms with Gasteiger partial charge in [0.2, 0.25) is 0 Å². The van der Waals surface area contributed by atoms with Crippen molar-refractivity contribution in [3.8, 4) is 0 Å². The fourth-order valence-electron chi connectivity index (χ4n) is 3.68. The molecule has 0 bridgehead atoms. The van der Waals surface area contributed by atoms with Gasteiger partial charge in [-0.05, 0) is 51.6 Å². The summed E-state index contributed by atoms with van der Waals surface area (Å²) in [5, 5.41) is 17.4. The van der Waals surface area contributed by atoms with E-state index in [4.69, 9.17) is 0 Å². The molecule has 1 fully saturated rings. The Balaban J connectivity index is 1.59. The number of likely N-dealkylation sites (N-methyl/N-ethyl adjacent to an activating group) is 1. The lowest BCUT2D eigenvalue weighted by Crippen LogP contribution is -2.30. The molecule has 2 N–H and O–H groups in total. The molecule has 1 aliphatic rings. The summed E-state index contributed by atoms with van der Waals surface area (Å²) < 4.78 is 1.82. The summed E-state index contributed by atoms with van der Waals surface area (Å²) in [5.41, 5.74) is 1.01. The molecule has 0 spiro atoms. The molecule has 2 aromatic heterocycles. The molecule has 8 nitrogen and oxygen atoms in total. The minimum absolute atomic E-state index is 0.241. The maximum atomic E-state index is 12.8. The highest BCUT2D eigenvalue weighted by Gasteiger charge is 2.19. The number of rotatable bonds is 4. The fraction of sp³-hybridized carbons (Fsp3) is 0.409. The first-order valence-corrected chi connectivity index (χ1v) is 10.2. The van der Waals surface area contributed by atoms with Crippen molar-refractivity contribution in [1.29, 1.82) is 0 Å². The van der Waals surface area contributed by atoms with Gasteiger partial charge in [0.25, 0.3) is 5.91 Å². The number of nitrogens with one attached hydrogen (secondary N) is 1. The van der Waals surface area contributed by atoms with Crippen LogP contribution in [0.5, 0.6) is 0 Å². The Morgan fingerprint density at radius 2 is 1.87 bits per heavy atom. The maximum absolute atomic E-state index is 12.8. The fourth-order valence-corrected chi connectivity index (χ4v) is 3.68. The first kappa shape index (κ1) is 20.3. The number of aromatic nitrogens is 3. The van der Waals surface area contributed by atoms with Crippen LogP contribution < -0.4 is 10.2 Å². The van der Waals surface area contributed by atoms with E-state index in [0.29, 0.717) is 17.0 Å². The topological polar surface area (TPSA) is 86.0 Å². The van der Waals surface area contributed by atoms with E-state index in [2.05, 4.69) is 32.2 Å². The molecule has 0 atom stereocenters. The van der Waals surface area contributed by atoms with E-state index in [0.717, 1.165) is 44.0 Å². The third kappa shape index (κ3) is 4.29. The molecule has 1 aliphatic heterocycles. The van der Waals surface area contributed by atoms with Gasteiger partial charge >= 0.3 is 0 Å². The van der Waals surface area contributed by atoms with E-state index in [9.17, 15) is 9.90 Å². The molecule has 1 amide bonds. The van der Waals surface area contributed by atoms with Gasteiger partial charge in [0.15, 0.2) is 5.65 Å². The second-order valence-corrected chi connectivity index (χ2v) is 8.34. The van der Waals surface area contributed by atoms with Crippen molar-refractivity contribution in [1.82, 2.24) is 19.5 Å². The number of hydrogen-bond donors (Lipinski definition) is 2. The lowest BCUT2D eigenvalue weighted by molar-refractivity contribution is 0.0785. The average molecular weight is 409 g/mol. The van der Waals surface area contributed by atoms with Crippen LogP contribution in [0.25, 0.3) is 5.65 Å². The van der Waals surface area contributed by atoms with Crippen LogP contribution in [0.1, 0.15) is 36.2 Å². The van der Waals surface area contributed by atoms with Gasteiger partial charge in [-0.25, -0.2) is 4.98 Å². The van der Waals surface area contributed by atoms with Crippen molar-refractivity contribution in [2.24, 2.45) is 0 Å². The Morgan fingerprint density at radius 1 is 1.10 bits per heavy atom. The third-order valence-electron chi connectivity index (χ3n) is 5.48. The van der Waals surface area contributed by atoms with Gasteiger partial charge in [-0.2, -0.15) is 9.61 Å². The molecule has 0 unspecified atom stereocenters. The van der Waals surface area contributed by atoms with Crippen LogP contribution in [-0.4, -0.2) is 63.7 Å². The zero-order valence-corrected chi connectivity index (χ0v) is 17.7. The second-order valence-electron chi connectivity index (χ2n) is 8.34. The summed E-state index contributed by atoms with van der Waals surface area (Å²) in [6.07, 6.45) is 2.79. The normalized spacial score (nSPS) is 15.9. The van der Waals surface area contributed by atoms with Crippen LogP contribution in [0.2, 0.25) is 0 Å². The number of carbonyl (C=O) groups is 1. The monoisotopic (exact) mass is 408 g/mol. The standard InChI is InChI=1S/C22H28N6O2/c1-22(2,30)17-7-5-16(6-8-17)21(29)25-18-15-20(28-19(24-18)9-10-23-28)27-12-4-11-26(3)13-14-27/h5-10,15,30H,4,11-14H2,1-3H3,(H,24,25,29). The van der Waals surface area contributed by atoms with E-state index >= 15 is 0 Å². The molecule has 3 aromatic rings. The number of amides is 1. The number of fused-ring (bicyclic) bond motifs is 1. The van der Waals surface area contributed by atoms with Gasteiger partial charge < -0.3 is 20.2 Å². The Bertz CT molecular complexity index is 1040. The van der Waals surface area contributed by atoms with Crippen molar-refractivity contribution < 1.29 is 9.90 Å². The number of carbonyl (C=O) groups excluding carboxylic acids is 1. The summed E-state index contributed by atoms with van der Waals surface area (Å²) in [4.78, 5) is 21.9. The zero-order valence-electron chi connectivity index (χ0n) is 17.7. The zero-order chi connectivity index (χ0) is 21.3. The van der Waals surface area contributed by atoms with E-state index < -0.39 is 5.60 Å². The third-order valence-corrected chi connectivity index (χ3v) is 5.48. The predicted molar refractivity (Wildman–Crippen MR) is 117 cm³/mol. The Labute approximate surface area is 176 Å². The summed E-state index contributed by atoms with van der Waals surface area (Å²) >= 11 is 0. The van der Waals surface area contributed by atoms with Gasteiger partial charge in [0.05, 0.1) is 11.8 Å². The number of aliphatic hydroxyl groups is 1. The molecule has 158 valence electrons. The molecule has 30 heavy (non-hydrogen) atoms. The van der Waals surface area contributed by atoms with Crippen molar-refractivity contribution in [3.05, 3.63) is 53.7 Å². The largest absolute Gasteiger partial charge is 0.386 e. The summed E-state index contributed by atoms with van der Waals surface area (Å²) in [5.74, 6) is 1.18. The second kappa shape index (κ2) is 8.04. The van der Waals surface area contributed by atoms with E-state index in [-0.39, 0.29) is 5.91 Å². The molecular formula is C22H28N6O2. The highest BCUT2D eigenvalue weighted by atomic mass is 16.3. The molecule has 3 heterocycles. The van der Waals surface area contributed by atoms with Crippen LogP contribution in [0, 0.1) is 0 Å². The average Bonchev–Trinajstić information content (AvgIpc) is 3.07. The number of nitrogens with zero attached hydrogens (tertiary/aromatic N) is 5. The van der Waals surface area contributed by atoms with Crippen molar-refractivity contribution >= 4 is 23.2 Å². The van der Waals surface area contributed by atoms with Gasteiger partial charge in [-0.3, -0.25) is 4.79 Å². The number of anilines is 2. The summed E-state index contributed by atoms with van der Waals surface area (Å²) in [7, 11) is 2.13. The smallest absolute Gasteiger partial charge is 0.256 e. The first-order valence-electron chi connectivity index (χ1n) is 10.2. The van der Waals surface area contributed by atoms with Crippen LogP contribution in [0.4, 0.5) is 11.6 Å². The molecule has 4 rings (SSSR count). The molecular weight excluding hydrogens is 380 g/mol. The molecule has 0 radical (unpaired) electrons.